The molecule has 0 aliphatic rings. The molecule has 12 heavy (non-hydrogen) atoms. The number of sulfone groups is 1. The third-order valence-electron chi connectivity index (χ3n) is 1.32. The van der Waals surface area contributed by atoms with E-state index in [0.717, 1.165) is 6.26 Å². The molecule has 0 aromatic heterocycles. The predicted molar refractivity (Wildman–Crippen MR) is 45.1 cm³/mol. The number of benzene rings is 1. The molecule has 0 bridgehead atoms. The van der Waals surface area contributed by atoms with Gasteiger partial charge in [-0.05, 0) is 12.1 Å². The third kappa shape index (κ3) is 2.79. The van der Waals surface area contributed by atoms with Gasteiger partial charge in [0, 0.05) is 6.26 Å². The smallest absolute Gasteiger partial charge is 1.00 e. The summed E-state index contributed by atoms with van der Waals surface area (Å²) in [6.45, 7) is 0. The fourth-order valence-electron chi connectivity index (χ4n) is 0.818. The maximum absolute atomic E-state index is 11.0. The van der Waals surface area contributed by atoms with Crippen molar-refractivity contribution < 1.29 is 39.4 Å². The summed E-state index contributed by atoms with van der Waals surface area (Å²) in [4.78, 5) is 0.194. The van der Waals surface area contributed by atoms with Gasteiger partial charge >= 0.3 is 29.6 Å². The van der Waals surface area contributed by atoms with Gasteiger partial charge in [-0.15, -0.1) is 0 Å². The van der Waals surface area contributed by atoms with Gasteiger partial charge in [-0.2, -0.15) is 0 Å². The van der Waals surface area contributed by atoms with Gasteiger partial charge in [-0.3, -0.25) is 0 Å². The van der Waals surface area contributed by atoms with Crippen LogP contribution in [-0.2, 0) is 9.84 Å². The number of nitrogen functional groups attached to an aromatic ring is 1. The van der Waals surface area contributed by atoms with Gasteiger partial charge in [0.1, 0.15) is 0 Å². The molecule has 3 nitrogen and oxygen atoms in total. The van der Waals surface area contributed by atoms with E-state index in [2.05, 4.69) is 0 Å². The van der Waals surface area contributed by atoms with E-state index in [1.54, 1.807) is 18.2 Å². The molecule has 0 amide bonds. The number of rotatable bonds is 1. The van der Waals surface area contributed by atoms with Crippen molar-refractivity contribution in [3.63, 3.8) is 0 Å². The van der Waals surface area contributed by atoms with Crippen LogP contribution in [0.15, 0.2) is 29.2 Å². The van der Waals surface area contributed by atoms with Crippen LogP contribution in [0, 0.1) is 0 Å². The Morgan fingerprint density at radius 2 is 1.83 bits per heavy atom. The Balaban J connectivity index is 0. The zero-order valence-corrected chi connectivity index (χ0v) is 9.93. The minimum atomic E-state index is -3.16. The second-order valence-corrected chi connectivity index (χ2v) is 4.29. The fraction of sp³-hybridized carbons (Fsp3) is 0.143. The van der Waals surface area contributed by atoms with Crippen LogP contribution in [0.3, 0.4) is 0 Å². The van der Waals surface area contributed by atoms with E-state index in [1.807, 2.05) is 0 Å². The van der Waals surface area contributed by atoms with Crippen LogP contribution in [0.1, 0.15) is 1.43 Å². The van der Waals surface area contributed by atoms with Gasteiger partial charge in [0.15, 0.2) is 9.84 Å². The predicted octanol–water partition coefficient (Wildman–Crippen LogP) is -2.21. The summed E-state index contributed by atoms with van der Waals surface area (Å²) in [5.41, 5.74) is 5.73. The second-order valence-electron chi connectivity index (χ2n) is 2.31. The van der Waals surface area contributed by atoms with Gasteiger partial charge in [0.2, 0.25) is 0 Å². The Morgan fingerprint density at radius 3 is 2.17 bits per heavy atom. The van der Waals surface area contributed by atoms with Crippen molar-refractivity contribution >= 4 is 15.5 Å². The van der Waals surface area contributed by atoms with Crippen molar-refractivity contribution in [2.24, 2.45) is 0 Å². The molecule has 62 valence electrons. The van der Waals surface area contributed by atoms with Gasteiger partial charge in [-0.25, -0.2) is 8.42 Å². The molecule has 5 heteroatoms. The first-order valence-electron chi connectivity index (χ1n) is 3.06. The van der Waals surface area contributed by atoms with Crippen molar-refractivity contribution in [2.45, 2.75) is 4.90 Å². The Bertz CT molecular complexity index is 367. The molecule has 2 N–H and O–H groups in total. The molecule has 0 aliphatic heterocycles. The maximum Gasteiger partial charge on any atom is 1.00 e. The molecular formula is C7H10NNaO2S. The van der Waals surface area contributed by atoms with Crippen molar-refractivity contribution in [3.8, 4) is 0 Å². The van der Waals surface area contributed by atoms with Crippen molar-refractivity contribution in [1.29, 1.82) is 0 Å². The number of nitrogens with two attached hydrogens (primary N) is 1. The van der Waals surface area contributed by atoms with Crippen LogP contribution in [0.4, 0.5) is 5.69 Å². The van der Waals surface area contributed by atoms with Crippen LogP contribution in [-0.4, -0.2) is 14.7 Å². The second kappa shape index (κ2) is 4.28. The van der Waals surface area contributed by atoms with Gasteiger partial charge in [0.05, 0.1) is 10.6 Å². The van der Waals surface area contributed by atoms with E-state index in [0.29, 0.717) is 5.69 Å². The summed E-state index contributed by atoms with van der Waals surface area (Å²) in [6, 6.07) is 6.40. The summed E-state index contributed by atoms with van der Waals surface area (Å²) in [5.74, 6) is 0. The first-order chi connectivity index (χ1) is 5.02. The largest absolute Gasteiger partial charge is 1.00 e. The standard InChI is InChI=1S/C7H9NO2S.Na.H/c1-11(9,10)7-5-3-2-4-6(7)8;;/h2-5H,8H2,1H3;;/q;+1;-1. The monoisotopic (exact) mass is 195 g/mol. The van der Waals surface area contributed by atoms with Crippen LogP contribution in [0.25, 0.3) is 0 Å². The summed E-state index contributed by atoms with van der Waals surface area (Å²) in [7, 11) is -3.16. The zero-order chi connectivity index (χ0) is 8.48. The Hall–Kier alpha value is -0.0300. The minimum absolute atomic E-state index is 0. The molecule has 0 saturated heterocycles. The summed E-state index contributed by atoms with van der Waals surface area (Å²) in [6.07, 6.45) is 1.14. The summed E-state index contributed by atoms with van der Waals surface area (Å²) < 4.78 is 21.9. The van der Waals surface area contributed by atoms with Crippen LogP contribution >= 0.6 is 0 Å². The van der Waals surface area contributed by atoms with E-state index in [1.165, 1.54) is 6.07 Å². The molecule has 0 spiro atoms. The quantitative estimate of drug-likeness (QED) is 0.408. The molecule has 1 aromatic rings. The van der Waals surface area contributed by atoms with E-state index < -0.39 is 9.84 Å². The Labute approximate surface area is 95.7 Å². The normalized spacial score (nSPS) is 10.4. The molecule has 0 radical (unpaired) electrons. The Morgan fingerprint density at radius 1 is 1.33 bits per heavy atom. The summed E-state index contributed by atoms with van der Waals surface area (Å²) in [5, 5.41) is 0. The van der Waals surface area contributed by atoms with Crippen molar-refractivity contribution in [3.05, 3.63) is 24.3 Å². The van der Waals surface area contributed by atoms with Crippen LogP contribution in [0.5, 0.6) is 0 Å². The molecule has 0 heterocycles. The van der Waals surface area contributed by atoms with Crippen molar-refractivity contribution in [1.82, 2.24) is 0 Å². The number of hydrogen-bond donors (Lipinski definition) is 1. The molecular weight excluding hydrogens is 185 g/mol. The molecule has 0 atom stereocenters. The summed E-state index contributed by atoms with van der Waals surface area (Å²) >= 11 is 0. The molecule has 0 saturated carbocycles. The van der Waals surface area contributed by atoms with Crippen LogP contribution in [0.2, 0.25) is 0 Å². The van der Waals surface area contributed by atoms with E-state index in [4.69, 9.17) is 5.73 Å². The Kier molecular flexibility index (Phi) is 4.26. The molecule has 0 unspecified atom stereocenters. The zero-order valence-electron chi connectivity index (χ0n) is 8.11. The number of anilines is 1. The van der Waals surface area contributed by atoms with E-state index in [9.17, 15) is 8.42 Å². The van der Waals surface area contributed by atoms with Gasteiger partial charge in [-0.1, -0.05) is 12.1 Å². The first-order valence-corrected chi connectivity index (χ1v) is 4.95. The first kappa shape index (κ1) is 12.0. The molecule has 0 aliphatic carbocycles. The van der Waals surface area contributed by atoms with Crippen LogP contribution < -0.4 is 35.3 Å². The maximum atomic E-state index is 11.0. The third-order valence-corrected chi connectivity index (χ3v) is 2.49. The van der Waals surface area contributed by atoms with E-state index in [-0.39, 0.29) is 35.9 Å². The molecule has 0 fully saturated rings. The topological polar surface area (TPSA) is 60.2 Å². The fourth-order valence-corrected chi connectivity index (χ4v) is 1.64. The number of hydrogen-bond acceptors (Lipinski definition) is 3. The minimum Gasteiger partial charge on any atom is -1.00 e. The SMILES string of the molecule is CS(=O)(=O)c1ccccc1N.[H-].[Na+]. The number of para-hydroxylation sites is 1. The van der Waals surface area contributed by atoms with Gasteiger partial charge in [0.25, 0.3) is 0 Å². The molecule has 1 rings (SSSR count). The average Bonchev–Trinajstić information content (AvgIpc) is 1.86. The van der Waals surface area contributed by atoms with Gasteiger partial charge < -0.3 is 7.16 Å². The van der Waals surface area contributed by atoms with Crippen molar-refractivity contribution in [2.75, 3.05) is 12.0 Å². The average molecular weight is 195 g/mol. The van der Waals surface area contributed by atoms with E-state index >= 15 is 0 Å². The molecule has 1 aromatic carbocycles.